The van der Waals surface area contributed by atoms with Crippen LogP contribution in [0.5, 0.6) is 5.75 Å². The SMILES string of the molecule is Cc1ccc(NC(=O)Cn2nnc(COc3ccccc3)n2)cc1Cl. The molecule has 0 aliphatic carbocycles. The van der Waals surface area contributed by atoms with Gasteiger partial charge in [0, 0.05) is 10.7 Å². The van der Waals surface area contributed by atoms with Gasteiger partial charge in [-0.1, -0.05) is 35.9 Å². The number of ether oxygens (including phenoxy) is 1. The van der Waals surface area contributed by atoms with Crippen molar-refractivity contribution in [1.82, 2.24) is 20.2 Å². The molecule has 0 radical (unpaired) electrons. The summed E-state index contributed by atoms with van der Waals surface area (Å²) in [6.07, 6.45) is 0. The second-order valence-electron chi connectivity index (χ2n) is 5.35. The van der Waals surface area contributed by atoms with Crippen molar-refractivity contribution in [2.24, 2.45) is 0 Å². The first-order chi connectivity index (χ1) is 12.1. The molecular formula is C17H16ClN5O2. The number of tetrazole rings is 1. The predicted octanol–water partition coefficient (Wildman–Crippen LogP) is 2.85. The minimum Gasteiger partial charge on any atom is -0.485 e. The first-order valence-corrected chi connectivity index (χ1v) is 7.98. The second kappa shape index (κ2) is 7.76. The van der Waals surface area contributed by atoms with E-state index in [0.29, 0.717) is 22.3 Å². The third-order valence-electron chi connectivity index (χ3n) is 3.35. The maximum atomic E-state index is 12.1. The molecular weight excluding hydrogens is 342 g/mol. The summed E-state index contributed by atoms with van der Waals surface area (Å²) < 4.78 is 5.54. The van der Waals surface area contributed by atoms with Crippen LogP contribution in [0.3, 0.4) is 0 Å². The molecule has 2 aromatic carbocycles. The number of hydrogen-bond donors (Lipinski definition) is 1. The van der Waals surface area contributed by atoms with Crippen LogP contribution >= 0.6 is 11.6 Å². The minimum atomic E-state index is -0.271. The average Bonchev–Trinajstić information content (AvgIpc) is 3.04. The van der Waals surface area contributed by atoms with Crippen LogP contribution in [0.1, 0.15) is 11.4 Å². The third kappa shape index (κ3) is 4.77. The minimum absolute atomic E-state index is 0.0518. The van der Waals surface area contributed by atoms with Crippen molar-refractivity contribution in [3.05, 3.63) is 64.9 Å². The predicted molar refractivity (Wildman–Crippen MR) is 93.4 cm³/mol. The number of aryl methyl sites for hydroxylation is 1. The van der Waals surface area contributed by atoms with Crippen LogP contribution in [0.4, 0.5) is 5.69 Å². The molecule has 3 aromatic rings. The van der Waals surface area contributed by atoms with Crippen LogP contribution in [0.2, 0.25) is 5.02 Å². The van der Waals surface area contributed by atoms with E-state index < -0.39 is 0 Å². The molecule has 25 heavy (non-hydrogen) atoms. The first-order valence-electron chi connectivity index (χ1n) is 7.61. The monoisotopic (exact) mass is 357 g/mol. The maximum absolute atomic E-state index is 12.1. The highest BCUT2D eigenvalue weighted by Crippen LogP contribution is 2.19. The Kier molecular flexibility index (Phi) is 5.25. The molecule has 8 heteroatoms. The van der Waals surface area contributed by atoms with Crippen molar-refractivity contribution >= 4 is 23.2 Å². The molecule has 0 spiro atoms. The molecule has 0 unspecified atom stereocenters. The second-order valence-corrected chi connectivity index (χ2v) is 5.76. The molecule has 1 N–H and O–H groups in total. The molecule has 1 aromatic heterocycles. The van der Waals surface area contributed by atoms with E-state index in [9.17, 15) is 4.79 Å². The third-order valence-corrected chi connectivity index (χ3v) is 3.75. The number of nitrogens with zero attached hydrogens (tertiary/aromatic N) is 4. The first kappa shape index (κ1) is 16.9. The molecule has 0 bridgehead atoms. The number of amides is 1. The molecule has 0 aliphatic rings. The molecule has 0 fully saturated rings. The maximum Gasteiger partial charge on any atom is 0.248 e. The molecule has 1 heterocycles. The van der Waals surface area contributed by atoms with Crippen molar-refractivity contribution in [3.8, 4) is 5.75 Å². The quantitative estimate of drug-likeness (QED) is 0.733. The fourth-order valence-corrected chi connectivity index (χ4v) is 2.25. The summed E-state index contributed by atoms with van der Waals surface area (Å²) in [6.45, 7) is 2.02. The standard InChI is InChI=1S/C17H16ClN5O2/c1-12-7-8-13(9-15(12)18)19-17(24)10-23-21-16(20-22-23)11-25-14-5-3-2-4-6-14/h2-9H,10-11H2,1H3,(H,19,24). The summed E-state index contributed by atoms with van der Waals surface area (Å²) in [7, 11) is 0. The van der Waals surface area contributed by atoms with Gasteiger partial charge in [-0.25, -0.2) is 0 Å². The lowest BCUT2D eigenvalue weighted by Crippen LogP contribution is -2.20. The molecule has 128 valence electrons. The van der Waals surface area contributed by atoms with Crippen molar-refractivity contribution in [1.29, 1.82) is 0 Å². The van der Waals surface area contributed by atoms with Gasteiger partial charge < -0.3 is 10.1 Å². The van der Waals surface area contributed by atoms with E-state index in [4.69, 9.17) is 16.3 Å². The van der Waals surface area contributed by atoms with E-state index in [-0.39, 0.29) is 19.1 Å². The number of rotatable bonds is 6. The number of hydrogen-bond acceptors (Lipinski definition) is 5. The number of aromatic nitrogens is 4. The molecule has 7 nitrogen and oxygen atoms in total. The highest BCUT2D eigenvalue weighted by Gasteiger charge is 2.09. The zero-order chi connectivity index (χ0) is 17.6. The van der Waals surface area contributed by atoms with Crippen LogP contribution < -0.4 is 10.1 Å². The van der Waals surface area contributed by atoms with Gasteiger partial charge in [-0.15, -0.1) is 10.2 Å². The van der Waals surface area contributed by atoms with E-state index in [2.05, 4.69) is 20.7 Å². The van der Waals surface area contributed by atoms with Crippen molar-refractivity contribution in [2.45, 2.75) is 20.1 Å². The van der Waals surface area contributed by atoms with Crippen molar-refractivity contribution in [2.75, 3.05) is 5.32 Å². The lowest BCUT2D eigenvalue weighted by Gasteiger charge is -2.06. The summed E-state index contributed by atoms with van der Waals surface area (Å²) >= 11 is 6.04. The van der Waals surface area contributed by atoms with E-state index in [1.165, 1.54) is 4.80 Å². The Morgan fingerprint density at radius 1 is 1.24 bits per heavy atom. The number of anilines is 1. The van der Waals surface area contributed by atoms with Crippen LogP contribution in [-0.2, 0) is 17.9 Å². The summed E-state index contributed by atoms with van der Waals surface area (Å²) in [5.74, 6) is 0.843. The van der Waals surface area contributed by atoms with Crippen molar-refractivity contribution < 1.29 is 9.53 Å². The van der Waals surface area contributed by atoms with Gasteiger partial charge in [0.1, 0.15) is 12.3 Å². The summed E-state index contributed by atoms with van der Waals surface area (Å²) in [4.78, 5) is 13.3. The fourth-order valence-electron chi connectivity index (χ4n) is 2.07. The average molecular weight is 358 g/mol. The van der Waals surface area contributed by atoms with E-state index in [0.717, 1.165) is 5.56 Å². The Balaban J connectivity index is 1.53. The van der Waals surface area contributed by atoms with Crippen LogP contribution in [0, 0.1) is 6.92 Å². The Morgan fingerprint density at radius 2 is 2.04 bits per heavy atom. The Bertz CT molecular complexity index is 866. The topological polar surface area (TPSA) is 81.9 Å². The zero-order valence-electron chi connectivity index (χ0n) is 13.5. The van der Waals surface area contributed by atoms with Gasteiger partial charge in [0.2, 0.25) is 11.7 Å². The number of nitrogens with one attached hydrogen (secondary N) is 1. The van der Waals surface area contributed by atoms with E-state index in [1.807, 2.05) is 43.3 Å². The highest BCUT2D eigenvalue weighted by atomic mass is 35.5. The van der Waals surface area contributed by atoms with Crippen molar-refractivity contribution in [3.63, 3.8) is 0 Å². The van der Waals surface area contributed by atoms with Crippen LogP contribution in [0.15, 0.2) is 48.5 Å². The molecule has 0 saturated carbocycles. The molecule has 0 aliphatic heterocycles. The van der Waals surface area contributed by atoms with Gasteiger partial charge in [-0.2, -0.15) is 4.80 Å². The summed E-state index contributed by atoms with van der Waals surface area (Å²) in [6, 6.07) is 14.7. The van der Waals surface area contributed by atoms with E-state index >= 15 is 0 Å². The Morgan fingerprint density at radius 3 is 2.80 bits per heavy atom. The molecule has 1 amide bonds. The van der Waals surface area contributed by atoms with Gasteiger partial charge in [-0.05, 0) is 42.0 Å². The number of halogens is 1. The lowest BCUT2D eigenvalue weighted by atomic mass is 10.2. The fraction of sp³-hybridized carbons (Fsp3) is 0.176. The smallest absolute Gasteiger partial charge is 0.248 e. The number of benzene rings is 2. The van der Waals surface area contributed by atoms with Crippen LogP contribution in [0.25, 0.3) is 0 Å². The lowest BCUT2D eigenvalue weighted by molar-refractivity contribution is -0.117. The van der Waals surface area contributed by atoms with Gasteiger partial charge in [0.05, 0.1) is 0 Å². The number of carbonyl (C=O) groups is 1. The van der Waals surface area contributed by atoms with Gasteiger partial charge >= 0.3 is 0 Å². The van der Waals surface area contributed by atoms with Crippen LogP contribution in [-0.4, -0.2) is 26.1 Å². The molecule has 3 rings (SSSR count). The normalized spacial score (nSPS) is 10.5. The summed E-state index contributed by atoms with van der Waals surface area (Å²) in [5, 5.41) is 15.2. The van der Waals surface area contributed by atoms with E-state index in [1.54, 1.807) is 12.1 Å². The number of para-hydroxylation sites is 1. The highest BCUT2D eigenvalue weighted by molar-refractivity contribution is 6.31. The largest absolute Gasteiger partial charge is 0.485 e. The Labute approximate surface area is 149 Å². The number of carbonyl (C=O) groups excluding carboxylic acids is 1. The molecule has 0 saturated heterocycles. The summed E-state index contributed by atoms with van der Waals surface area (Å²) in [5.41, 5.74) is 1.56. The Hall–Kier alpha value is -2.93. The van der Waals surface area contributed by atoms with Gasteiger partial charge in [-0.3, -0.25) is 4.79 Å². The van der Waals surface area contributed by atoms with Gasteiger partial charge in [0.15, 0.2) is 6.61 Å². The molecule has 0 atom stereocenters. The van der Waals surface area contributed by atoms with Gasteiger partial charge in [0.25, 0.3) is 0 Å². The zero-order valence-corrected chi connectivity index (χ0v) is 14.3.